The van der Waals surface area contributed by atoms with Gasteiger partial charge in [0.05, 0.1) is 0 Å². The Kier molecular flexibility index (Phi) is 4.03. The van der Waals surface area contributed by atoms with Crippen molar-refractivity contribution in [3.8, 4) is 0 Å². The fraction of sp³-hybridized carbons (Fsp3) is 0.667. The second kappa shape index (κ2) is 4.17. The van der Waals surface area contributed by atoms with Crippen LogP contribution in [-0.4, -0.2) is 17.2 Å². The zero-order valence-corrected chi connectivity index (χ0v) is 6.25. The molecule has 0 fully saturated rings. The summed E-state index contributed by atoms with van der Waals surface area (Å²) in [4.78, 5) is 9.39. The summed E-state index contributed by atoms with van der Waals surface area (Å²) < 4.78 is 62.1. The molecule has 0 bridgehead atoms. The van der Waals surface area contributed by atoms with Crippen LogP contribution >= 0.6 is 12.0 Å². The summed E-state index contributed by atoms with van der Waals surface area (Å²) in [5, 5.41) is 6.07. The van der Waals surface area contributed by atoms with Gasteiger partial charge in [-0.1, -0.05) is 0 Å². The molecule has 0 radical (unpaired) electrons. The second-order valence-electron chi connectivity index (χ2n) is 1.58. The maximum atomic E-state index is 12.0. The lowest BCUT2D eigenvalue weighted by molar-refractivity contribution is -0.777. The van der Waals surface area contributed by atoms with Crippen LogP contribution in [0.4, 0.5) is 22.0 Å². The number of hydrogen-bond donors (Lipinski definition) is 0. The molecule has 0 aliphatic rings. The molecule has 0 aromatic heterocycles. The summed E-state index contributed by atoms with van der Waals surface area (Å²) in [6, 6.07) is -3.54. The molecule has 78 valence electrons. The van der Waals surface area contributed by atoms with Gasteiger partial charge < -0.3 is 5.26 Å². The minimum absolute atomic E-state index is 1.46. The van der Waals surface area contributed by atoms with E-state index in [4.69, 9.17) is 5.26 Å². The maximum Gasteiger partial charge on any atom is 0.409 e. The average molecular weight is 227 g/mol. The van der Waals surface area contributed by atoms with E-state index in [-0.39, 0.29) is 0 Å². The zero-order valence-electron chi connectivity index (χ0n) is 5.43. The largest absolute Gasteiger partial charge is 0.691 e. The first kappa shape index (κ1) is 12.6. The molecule has 0 aromatic carbocycles. The lowest BCUT2D eigenvalue weighted by Crippen LogP contribution is -2.43. The monoisotopic (exact) mass is 227 g/mol. The van der Waals surface area contributed by atoms with E-state index in [1.54, 1.807) is 0 Å². The van der Waals surface area contributed by atoms with E-state index in [0.29, 0.717) is 0 Å². The van der Waals surface area contributed by atoms with Crippen LogP contribution < -0.4 is 5.26 Å². The van der Waals surface area contributed by atoms with Gasteiger partial charge in [0.25, 0.3) is 0 Å². The van der Waals surface area contributed by atoms with Gasteiger partial charge in [0.15, 0.2) is 0 Å². The van der Waals surface area contributed by atoms with Crippen molar-refractivity contribution in [2.24, 2.45) is 0 Å². The fourth-order valence-electron chi connectivity index (χ4n) is 0.223. The third kappa shape index (κ3) is 2.76. The van der Waals surface area contributed by atoms with Crippen molar-refractivity contribution in [2.75, 3.05) is 0 Å². The summed E-state index contributed by atoms with van der Waals surface area (Å²) in [6.07, 6.45) is 0. The molecule has 0 saturated carbocycles. The highest BCUT2D eigenvalue weighted by Gasteiger charge is 2.64. The molecular weight excluding hydrogens is 227 g/mol. The van der Waals surface area contributed by atoms with Crippen LogP contribution in [0.1, 0.15) is 0 Å². The van der Waals surface area contributed by atoms with Crippen molar-refractivity contribution in [1.29, 1.82) is 0 Å². The lowest BCUT2D eigenvalue weighted by Gasteiger charge is -2.20. The Labute approximate surface area is 71.7 Å². The van der Waals surface area contributed by atoms with Gasteiger partial charge in [-0.25, -0.2) is 0 Å². The third-order valence-electron chi connectivity index (χ3n) is 0.779. The molecule has 10 heteroatoms. The molecule has 0 aliphatic heterocycles. The van der Waals surface area contributed by atoms with E-state index < -0.39 is 29.3 Å². The molecule has 0 saturated heterocycles. The van der Waals surface area contributed by atoms with Crippen LogP contribution in [0.3, 0.4) is 0 Å². The van der Waals surface area contributed by atoms with Crippen LogP contribution in [0.2, 0.25) is 0 Å². The Morgan fingerprint density at radius 3 is 2.08 bits per heavy atom. The minimum atomic E-state index is -5.57. The Morgan fingerprint density at radius 1 is 1.31 bits per heavy atom. The average Bonchev–Trinajstić information content (AvgIpc) is 2.00. The predicted octanol–water partition coefficient (Wildman–Crippen LogP) is 0.582. The van der Waals surface area contributed by atoms with Crippen LogP contribution in [0.15, 0.2) is 0 Å². The van der Waals surface area contributed by atoms with Crippen LogP contribution in [0.5, 0.6) is 0 Å². The topological polar surface area (TPSA) is 58.6 Å². The SMILES string of the molecule is O=C(F)C(F)(F)C(F)(F)SOO[O-]. The fourth-order valence-corrected chi connectivity index (χ4v) is 0.521. The zero-order chi connectivity index (χ0) is 10.7. The summed E-state index contributed by atoms with van der Waals surface area (Å²) in [5.74, 6) is -5.57. The highest BCUT2D eigenvalue weighted by atomic mass is 32.2. The van der Waals surface area contributed by atoms with Crippen molar-refractivity contribution in [2.45, 2.75) is 11.2 Å². The number of carbonyl (C=O) groups excluding carboxylic acids is 1. The summed E-state index contributed by atoms with van der Waals surface area (Å²) in [6.45, 7) is 0. The summed E-state index contributed by atoms with van der Waals surface area (Å²) in [7, 11) is 0. The lowest BCUT2D eigenvalue weighted by atomic mass is 10.4. The van der Waals surface area contributed by atoms with E-state index in [0.717, 1.165) is 0 Å². The van der Waals surface area contributed by atoms with Crippen molar-refractivity contribution < 1.29 is 41.4 Å². The first-order valence-corrected chi connectivity index (χ1v) is 3.09. The molecule has 0 aromatic rings. The second-order valence-corrected chi connectivity index (χ2v) is 2.40. The van der Waals surface area contributed by atoms with Crippen LogP contribution in [0.25, 0.3) is 0 Å². The third-order valence-corrected chi connectivity index (χ3v) is 1.37. The minimum Gasteiger partial charge on any atom is -0.691 e. The summed E-state index contributed by atoms with van der Waals surface area (Å²) in [5.41, 5.74) is 0. The Hall–Kier alpha value is -0.450. The van der Waals surface area contributed by atoms with Gasteiger partial charge in [-0.3, -0.25) is 9.83 Å². The van der Waals surface area contributed by atoms with Gasteiger partial charge in [0.2, 0.25) is 0 Å². The standard InChI is InChI=1S/C3HF5O4S/c4-1(9)2(5,6)3(7,8)13-12-11-10/h10H/p-1. The van der Waals surface area contributed by atoms with Gasteiger partial charge in [0.1, 0.15) is 12.0 Å². The van der Waals surface area contributed by atoms with Gasteiger partial charge in [-0.2, -0.15) is 26.3 Å². The first-order valence-electron chi connectivity index (χ1n) is 2.35. The van der Waals surface area contributed by atoms with E-state index in [1.165, 1.54) is 0 Å². The molecular formula is C3F5O4S-. The van der Waals surface area contributed by atoms with Crippen molar-refractivity contribution in [3.05, 3.63) is 0 Å². The molecule has 13 heavy (non-hydrogen) atoms. The van der Waals surface area contributed by atoms with Crippen LogP contribution in [0, 0.1) is 0 Å². The molecule has 0 spiro atoms. The smallest absolute Gasteiger partial charge is 0.409 e. The Morgan fingerprint density at radius 2 is 1.77 bits per heavy atom. The van der Waals surface area contributed by atoms with Gasteiger partial charge in [-0.15, -0.1) is 0 Å². The van der Waals surface area contributed by atoms with E-state index in [9.17, 15) is 26.7 Å². The molecule has 0 amide bonds. The number of carbonyl (C=O) groups is 1. The van der Waals surface area contributed by atoms with E-state index >= 15 is 0 Å². The highest BCUT2D eigenvalue weighted by molar-refractivity contribution is 7.95. The highest BCUT2D eigenvalue weighted by Crippen LogP contribution is 2.44. The predicted molar refractivity (Wildman–Crippen MR) is 25.8 cm³/mol. The van der Waals surface area contributed by atoms with Crippen LogP contribution in [-0.2, 0) is 14.2 Å². The van der Waals surface area contributed by atoms with Crippen molar-refractivity contribution in [3.63, 3.8) is 0 Å². The van der Waals surface area contributed by atoms with Gasteiger partial charge in [-0.05, 0) is 0 Å². The normalized spacial score (nSPS) is 13.1. The molecule has 0 atom stereocenters. The van der Waals surface area contributed by atoms with Crippen molar-refractivity contribution >= 4 is 18.1 Å². The Bertz CT molecular complexity index is 196. The maximum absolute atomic E-state index is 12.0. The Balaban J connectivity index is 4.50. The molecule has 0 rings (SSSR count). The number of halogens is 5. The van der Waals surface area contributed by atoms with E-state index in [1.807, 2.05) is 0 Å². The molecule has 0 heterocycles. The van der Waals surface area contributed by atoms with Gasteiger partial charge in [0, 0.05) is 0 Å². The first-order chi connectivity index (χ1) is 5.75. The molecule has 4 nitrogen and oxygen atoms in total. The number of alkyl halides is 4. The number of rotatable bonds is 5. The summed E-state index contributed by atoms with van der Waals surface area (Å²) >= 11 is -1.46. The number of hydrogen-bond acceptors (Lipinski definition) is 5. The molecule has 0 aliphatic carbocycles. The van der Waals surface area contributed by atoms with Gasteiger partial charge >= 0.3 is 17.2 Å². The molecule has 0 N–H and O–H groups in total. The molecule has 0 unspecified atom stereocenters. The van der Waals surface area contributed by atoms with Crippen molar-refractivity contribution in [1.82, 2.24) is 0 Å². The quantitative estimate of drug-likeness (QED) is 0.226. The van der Waals surface area contributed by atoms with E-state index in [2.05, 4.69) is 9.37 Å².